The zero-order chi connectivity index (χ0) is 19.4. The van der Waals surface area contributed by atoms with Crippen LogP contribution in [0.1, 0.15) is 51.0 Å². The van der Waals surface area contributed by atoms with Gasteiger partial charge >= 0.3 is 0 Å². The fourth-order valence-corrected chi connectivity index (χ4v) is 3.93. The van der Waals surface area contributed by atoms with Gasteiger partial charge in [0, 0.05) is 11.1 Å². The van der Waals surface area contributed by atoms with Crippen LogP contribution in [0.2, 0.25) is 0 Å². The number of hydrogen-bond acceptors (Lipinski definition) is 1. The van der Waals surface area contributed by atoms with Gasteiger partial charge in [-0.2, -0.15) is 4.39 Å². The van der Waals surface area contributed by atoms with Crippen LogP contribution in [0.4, 0.5) is 13.2 Å². The standard InChI is InChI=1S/C23H25F3O/c1-3-5-15-6-8-16(9-7-15)17-10-11-18(20(24)14-17)19-12-13-21(27-4-2)23(26)22(19)25/h3,5,10-16H,4,6-9H2,1-2H3. The minimum Gasteiger partial charge on any atom is -0.491 e. The molecule has 1 aliphatic carbocycles. The van der Waals surface area contributed by atoms with Crippen molar-refractivity contribution in [1.29, 1.82) is 0 Å². The molecule has 0 aromatic heterocycles. The fourth-order valence-electron chi connectivity index (χ4n) is 3.93. The number of halogens is 3. The molecule has 3 rings (SSSR count). The monoisotopic (exact) mass is 374 g/mol. The van der Waals surface area contributed by atoms with Crippen molar-refractivity contribution in [2.75, 3.05) is 6.61 Å². The zero-order valence-electron chi connectivity index (χ0n) is 15.8. The lowest BCUT2D eigenvalue weighted by Gasteiger charge is -2.27. The quantitative estimate of drug-likeness (QED) is 0.511. The summed E-state index contributed by atoms with van der Waals surface area (Å²) in [7, 11) is 0. The highest BCUT2D eigenvalue weighted by Gasteiger charge is 2.23. The molecule has 1 fully saturated rings. The van der Waals surface area contributed by atoms with Crippen molar-refractivity contribution in [1.82, 2.24) is 0 Å². The van der Waals surface area contributed by atoms with E-state index in [2.05, 4.69) is 12.2 Å². The number of hydrogen-bond donors (Lipinski definition) is 0. The van der Waals surface area contributed by atoms with Crippen molar-refractivity contribution in [3.63, 3.8) is 0 Å². The van der Waals surface area contributed by atoms with Crippen LogP contribution >= 0.6 is 0 Å². The molecule has 27 heavy (non-hydrogen) atoms. The van der Waals surface area contributed by atoms with E-state index in [1.54, 1.807) is 13.0 Å². The average Bonchev–Trinajstić information content (AvgIpc) is 2.67. The Morgan fingerprint density at radius 2 is 1.67 bits per heavy atom. The van der Waals surface area contributed by atoms with Gasteiger partial charge in [-0.25, -0.2) is 8.78 Å². The topological polar surface area (TPSA) is 9.23 Å². The molecular weight excluding hydrogens is 349 g/mol. The number of benzene rings is 2. The van der Waals surface area contributed by atoms with Gasteiger partial charge in [-0.15, -0.1) is 0 Å². The van der Waals surface area contributed by atoms with Gasteiger partial charge in [0.2, 0.25) is 5.82 Å². The highest BCUT2D eigenvalue weighted by atomic mass is 19.2. The lowest BCUT2D eigenvalue weighted by Crippen LogP contribution is -2.12. The summed E-state index contributed by atoms with van der Waals surface area (Å²) in [4.78, 5) is 0. The molecule has 144 valence electrons. The Bertz CT molecular complexity index is 821. The van der Waals surface area contributed by atoms with Crippen LogP contribution in [-0.4, -0.2) is 6.61 Å². The molecule has 2 aromatic rings. The van der Waals surface area contributed by atoms with Crippen molar-refractivity contribution in [2.24, 2.45) is 5.92 Å². The number of rotatable bonds is 5. The third kappa shape index (κ3) is 4.20. The minimum atomic E-state index is -1.08. The van der Waals surface area contributed by atoms with E-state index in [0.717, 1.165) is 31.2 Å². The second kappa shape index (κ2) is 8.64. The second-order valence-electron chi connectivity index (χ2n) is 7.05. The molecule has 0 spiro atoms. The molecule has 0 bridgehead atoms. The van der Waals surface area contributed by atoms with Crippen molar-refractivity contribution >= 4 is 0 Å². The van der Waals surface area contributed by atoms with E-state index < -0.39 is 17.5 Å². The molecule has 1 aliphatic rings. The van der Waals surface area contributed by atoms with Gasteiger partial charge in [-0.1, -0.05) is 24.3 Å². The molecule has 0 saturated heterocycles. The van der Waals surface area contributed by atoms with Crippen molar-refractivity contribution in [3.05, 3.63) is 65.5 Å². The minimum absolute atomic E-state index is 0.0702. The van der Waals surface area contributed by atoms with Crippen LogP contribution in [0, 0.1) is 23.4 Å². The van der Waals surface area contributed by atoms with E-state index >= 15 is 0 Å². The van der Waals surface area contributed by atoms with E-state index in [0.29, 0.717) is 11.8 Å². The third-order valence-electron chi connectivity index (χ3n) is 5.34. The predicted octanol–water partition coefficient (Wildman–Crippen LogP) is 7.02. The van der Waals surface area contributed by atoms with Crippen molar-refractivity contribution in [3.8, 4) is 16.9 Å². The molecule has 0 heterocycles. The second-order valence-corrected chi connectivity index (χ2v) is 7.05. The highest BCUT2D eigenvalue weighted by molar-refractivity contribution is 5.66. The Balaban J connectivity index is 1.83. The molecule has 0 atom stereocenters. The van der Waals surface area contributed by atoms with Crippen molar-refractivity contribution in [2.45, 2.75) is 45.4 Å². The average molecular weight is 374 g/mol. The zero-order valence-corrected chi connectivity index (χ0v) is 15.8. The fraction of sp³-hybridized carbons (Fsp3) is 0.391. The molecule has 0 aliphatic heterocycles. The highest BCUT2D eigenvalue weighted by Crippen LogP contribution is 2.38. The van der Waals surface area contributed by atoms with Gasteiger partial charge in [-0.05, 0) is 75.1 Å². The van der Waals surface area contributed by atoms with Gasteiger partial charge < -0.3 is 4.74 Å². The molecule has 0 radical (unpaired) electrons. The Morgan fingerprint density at radius 3 is 2.30 bits per heavy atom. The summed E-state index contributed by atoms with van der Waals surface area (Å²) in [5.74, 6) is -1.92. The third-order valence-corrected chi connectivity index (χ3v) is 5.34. The smallest absolute Gasteiger partial charge is 0.201 e. The Kier molecular flexibility index (Phi) is 6.25. The van der Waals surface area contributed by atoms with Crippen LogP contribution in [0.25, 0.3) is 11.1 Å². The first-order valence-corrected chi connectivity index (χ1v) is 9.58. The first-order valence-electron chi connectivity index (χ1n) is 9.58. The van der Waals surface area contributed by atoms with E-state index in [9.17, 15) is 13.2 Å². The normalized spacial score (nSPS) is 20.2. The summed E-state index contributed by atoms with van der Waals surface area (Å²) < 4.78 is 48.3. The molecule has 0 amide bonds. The van der Waals surface area contributed by atoms with Crippen LogP contribution < -0.4 is 4.74 Å². The Hall–Kier alpha value is -2.23. The van der Waals surface area contributed by atoms with Crippen LogP contribution in [-0.2, 0) is 0 Å². The molecular formula is C23H25F3O. The maximum Gasteiger partial charge on any atom is 0.201 e. The Morgan fingerprint density at radius 1 is 0.963 bits per heavy atom. The lowest BCUT2D eigenvalue weighted by atomic mass is 9.78. The van der Waals surface area contributed by atoms with Gasteiger partial charge in [0.15, 0.2) is 11.6 Å². The predicted molar refractivity (Wildman–Crippen MR) is 102 cm³/mol. The van der Waals surface area contributed by atoms with E-state index in [1.807, 2.05) is 13.0 Å². The van der Waals surface area contributed by atoms with Gasteiger partial charge in [0.25, 0.3) is 0 Å². The maximum absolute atomic E-state index is 14.7. The maximum atomic E-state index is 14.7. The SMILES string of the molecule is CC=CC1CCC(c2ccc(-c3ccc(OCC)c(F)c3F)c(F)c2)CC1. The molecule has 4 heteroatoms. The van der Waals surface area contributed by atoms with Crippen LogP contribution in [0.15, 0.2) is 42.5 Å². The largest absolute Gasteiger partial charge is 0.491 e. The van der Waals surface area contributed by atoms with Crippen LogP contribution in [0.3, 0.4) is 0 Å². The van der Waals surface area contributed by atoms with E-state index in [4.69, 9.17) is 4.74 Å². The summed E-state index contributed by atoms with van der Waals surface area (Å²) in [5, 5.41) is 0. The lowest BCUT2D eigenvalue weighted by molar-refractivity contribution is 0.314. The molecule has 0 unspecified atom stereocenters. The first kappa shape index (κ1) is 19.5. The molecule has 1 nitrogen and oxygen atoms in total. The van der Waals surface area contributed by atoms with Gasteiger partial charge in [-0.3, -0.25) is 0 Å². The summed E-state index contributed by atoms with van der Waals surface area (Å²) in [6.45, 7) is 3.95. The number of allylic oxidation sites excluding steroid dienone is 2. The molecule has 2 aromatic carbocycles. The molecule has 0 N–H and O–H groups in total. The van der Waals surface area contributed by atoms with Crippen LogP contribution in [0.5, 0.6) is 5.75 Å². The Labute approximate surface area is 158 Å². The first-order chi connectivity index (χ1) is 13.0. The van der Waals surface area contributed by atoms with E-state index in [1.165, 1.54) is 18.2 Å². The van der Waals surface area contributed by atoms with Crippen molar-refractivity contribution < 1.29 is 17.9 Å². The summed E-state index contributed by atoms with van der Waals surface area (Å²) in [6, 6.07) is 7.58. The van der Waals surface area contributed by atoms with Gasteiger partial charge in [0.1, 0.15) is 5.82 Å². The summed E-state index contributed by atoms with van der Waals surface area (Å²) in [6.07, 6.45) is 8.54. The van der Waals surface area contributed by atoms with Gasteiger partial charge in [0.05, 0.1) is 6.61 Å². The van der Waals surface area contributed by atoms with E-state index in [-0.39, 0.29) is 23.5 Å². The molecule has 1 saturated carbocycles. The summed E-state index contributed by atoms with van der Waals surface area (Å²) in [5.41, 5.74) is 0.916. The summed E-state index contributed by atoms with van der Waals surface area (Å²) >= 11 is 0. The number of ether oxygens (including phenoxy) is 1.